The van der Waals surface area contributed by atoms with Crippen molar-refractivity contribution in [3.63, 3.8) is 0 Å². The van der Waals surface area contributed by atoms with Gasteiger partial charge in [-0.25, -0.2) is 0 Å². The average Bonchev–Trinajstić information content (AvgIpc) is 2.98. The fourth-order valence-electron chi connectivity index (χ4n) is 1.78. The first kappa shape index (κ1) is 10.1. The minimum absolute atomic E-state index is 0.138. The molecule has 3 aromatic rings. The molecule has 3 heteroatoms. The number of benzene rings is 1. The molecule has 1 aromatic carbocycles. The summed E-state index contributed by atoms with van der Waals surface area (Å²) in [5, 5.41) is 3.48. The Balaban J connectivity index is 2.12. The van der Waals surface area contributed by atoms with Gasteiger partial charge in [0.25, 0.3) is 0 Å². The molecule has 0 fully saturated rings. The Hall–Kier alpha value is -1.06. The van der Waals surface area contributed by atoms with Crippen LogP contribution in [0.1, 0.15) is 16.2 Å². The summed E-state index contributed by atoms with van der Waals surface area (Å²) in [5.74, 6) is 0.948. The van der Waals surface area contributed by atoms with Crippen LogP contribution in [0.25, 0.3) is 10.1 Å². The third kappa shape index (κ3) is 1.60. The molecule has 2 heterocycles. The molecular formula is C13H9BrOS. The number of furan rings is 1. The maximum absolute atomic E-state index is 5.43. The van der Waals surface area contributed by atoms with Gasteiger partial charge in [0.15, 0.2) is 0 Å². The minimum Gasteiger partial charge on any atom is -0.468 e. The van der Waals surface area contributed by atoms with E-state index < -0.39 is 0 Å². The number of hydrogen-bond acceptors (Lipinski definition) is 2. The summed E-state index contributed by atoms with van der Waals surface area (Å²) in [7, 11) is 0. The topological polar surface area (TPSA) is 13.1 Å². The molecule has 1 atom stereocenters. The van der Waals surface area contributed by atoms with E-state index in [-0.39, 0.29) is 4.83 Å². The van der Waals surface area contributed by atoms with E-state index >= 15 is 0 Å². The van der Waals surface area contributed by atoms with Crippen LogP contribution in [0.5, 0.6) is 0 Å². The van der Waals surface area contributed by atoms with E-state index in [0.717, 1.165) is 5.76 Å². The van der Waals surface area contributed by atoms with Gasteiger partial charge in [-0.2, -0.15) is 0 Å². The lowest BCUT2D eigenvalue weighted by atomic mass is 10.1. The highest BCUT2D eigenvalue weighted by Gasteiger charge is 2.16. The van der Waals surface area contributed by atoms with Crippen LogP contribution < -0.4 is 0 Å². The third-order valence-corrected chi connectivity index (χ3v) is 4.50. The third-order valence-electron chi connectivity index (χ3n) is 2.58. The quantitative estimate of drug-likeness (QED) is 0.607. The van der Waals surface area contributed by atoms with Crippen molar-refractivity contribution >= 4 is 37.4 Å². The van der Waals surface area contributed by atoms with Crippen LogP contribution in [0.15, 0.2) is 52.5 Å². The second-order valence-corrected chi connectivity index (χ2v) is 5.39. The Bertz CT molecular complexity index is 597. The van der Waals surface area contributed by atoms with E-state index in [1.165, 1.54) is 15.6 Å². The van der Waals surface area contributed by atoms with Crippen molar-refractivity contribution in [2.45, 2.75) is 4.83 Å². The van der Waals surface area contributed by atoms with Crippen LogP contribution in [0.2, 0.25) is 0 Å². The summed E-state index contributed by atoms with van der Waals surface area (Å²) in [6.07, 6.45) is 1.71. The summed E-state index contributed by atoms with van der Waals surface area (Å²) in [5.41, 5.74) is 1.27. The first-order chi connectivity index (χ1) is 7.86. The molecule has 0 spiro atoms. The molecule has 0 bridgehead atoms. The van der Waals surface area contributed by atoms with E-state index in [1.807, 2.05) is 12.1 Å². The van der Waals surface area contributed by atoms with Crippen LogP contribution in [0.4, 0.5) is 0 Å². The summed E-state index contributed by atoms with van der Waals surface area (Å²) >= 11 is 5.45. The molecule has 0 saturated heterocycles. The summed E-state index contributed by atoms with van der Waals surface area (Å²) in [4.78, 5) is 0.138. The van der Waals surface area contributed by atoms with Gasteiger partial charge in [0, 0.05) is 4.70 Å². The van der Waals surface area contributed by atoms with Crippen molar-refractivity contribution in [3.05, 3.63) is 59.4 Å². The number of fused-ring (bicyclic) bond motifs is 1. The van der Waals surface area contributed by atoms with Crippen LogP contribution >= 0.6 is 27.3 Å². The highest BCUT2D eigenvalue weighted by Crippen LogP contribution is 2.38. The molecule has 0 aliphatic heterocycles. The molecule has 3 rings (SSSR count). The molecule has 0 saturated carbocycles. The average molecular weight is 293 g/mol. The Morgan fingerprint density at radius 1 is 1.12 bits per heavy atom. The van der Waals surface area contributed by atoms with Gasteiger partial charge in [-0.05, 0) is 34.5 Å². The van der Waals surface area contributed by atoms with Crippen LogP contribution in [0.3, 0.4) is 0 Å². The second kappa shape index (κ2) is 4.07. The maximum Gasteiger partial charge on any atom is 0.121 e. The zero-order valence-electron chi connectivity index (χ0n) is 8.39. The molecule has 0 aliphatic rings. The lowest BCUT2D eigenvalue weighted by Crippen LogP contribution is -1.88. The minimum atomic E-state index is 0.138. The summed E-state index contributed by atoms with van der Waals surface area (Å²) in [6, 6.07) is 12.3. The summed E-state index contributed by atoms with van der Waals surface area (Å²) < 4.78 is 6.74. The lowest BCUT2D eigenvalue weighted by Gasteiger charge is -2.05. The van der Waals surface area contributed by atoms with E-state index in [9.17, 15) is 0 Å². The van der Waals surface area contributed by atoms with Gasteiger partial charge in [0.1, 0.15) is 5.76 Å². The smallest absolute Gasteiger partial charge is 0.121 e. The normalized spacial score (nSPS) is 13.1. The molecule has 80 valence electrons. The van der Waals surface area contributed by atoms with Gasteiger partial charge in [0.2, 0.25) is 0 Å². The standard InChI is InChI=1S/C13H9BrOS/c14-13(11-5-3-7-15-11)10-8-16-12-6-2-1-4-9(10)12/h1-8,13H. The fourth-order valence-corrected chi connectivity index (χ4v) is 3.58. The van der Waals surface area contributed by atoms with Crippen molar-refractivity contribution in [3.8, 4) is 0 Å². The van der Waals surface area contributed by atoms with Crippen molar-refractivity contribution in [2.24, 2.45) is 0 Å². The Morgan fingerprint density at radius 2 is 2.00 bits per heavy atom. The van der Waals surface area contributed by atoms with Crippen molar-refractivity contribution < 1.29 is 4.42 Å². The van der Waals surface area contributed by atoms with Crippen molar-refractivity contribution in [2.75, 3.05) is 0 Å². The largest absolute Gasteiger partial charge is 0.468 e. The van der Waals surface area contributed by atoms with Gasteiger partial charge >= 0.3 is 0 Å². The van der Waals surface area contributed by atoms with E-state index in [0.29, 0.717) is 0 Å². The predicted molar refractivity (Wildman–Crippen MR) is 71.3 cm³/mol. The summed E-state index contributed by atoms with van der Waals surface area (Å²) in [6.45, 7) is 0. The molecule has 1 nitrogen and oxygen atoms in total. The number of hydrogen-bond donors (Lipinski definition) is 0. The Labute approximate surface area is 106 Å². The van der Waals surface area contributed by atoms with Crippen LogP contribution in [0, 0.1) is 0 Å². The number of halogens is 1. The number of thiophene rings is 1. The first-order valence-corrected chi connectivity index (χ1v) is 6.79. The van der Waals surface area contributed by atoms with Gasteiger partial charge in [-0.15, -0.1) is 11.3 Å². The highest BCUT2D eigenvalue weighted by atomic mass is 79.9. The molecule has 16 heavy (non-hydrogen) atoms. The van der Waals surface area contributed by atoms with Crippen LogP contribution in [-0.2, 0) is 0 Å². The highest BCUT2D eigenvalue weighted by molar-refractivity contribution is 9.09. The molecule has 0 amide bonds. The van der Waals surface area contributed by atoms with Gasteiger partial charge < -0.3 is 4.42 Å². The molecule has 0 N–H and O–H groups in total. The SMILES string of the molecule is BrC(c1ccco1)c1csc2ccccc12. The molecular weight excluding hydrogens is 284 g/mol. The van der Waals surface area contributed by atoms with E-state index in [1.54, 1.807) is 17.6 Å². The zero-order valence-corrected chi connectivity index (χ0v) is 10.8. The Morgan fingerprint density at radius 3 is 2.81 bits per heavy atom. The van der Waals surface area contributed by atoms with Gasteiger partial charge in [0.05, 0.1) is 11.1 Å². The van der Waals surface area contributed by atoms with Crippen molar-refractivity contribution in [1.29, 1.82) is 0 Å². The predicted octanol–water partition coefficient (Wildman–Crippen LogP) is 4.98. The fraction of sp³-hybridized carbons (Fsp3) is 0.0769. The van der Waals surface area contributed by atoms with E-state index in [2.05, 4.69) is 45.6 Å². The van der Waals surface area contributed by atoms with E-state index in [4.69, 9.17) is 4.42 Å². The maximum atomic E-state index is 5.43. The number of alkyl halides is 1. The molecule has 0 radical (unpaired) electrons. The monoisotopic (exact) mass is 292 g/mol. The second-order valence-electron chi connectivity index (χ2n) is 3.57. The first-order valence-electron chi connectivity index (χ1n) is 5.00. The van der Waals surface area contributed by atoms with Crippen molar-refractivity contribution in [1.82, 2.24) is 0 Å². The van der Waals surface area contributed by atoms with Gasteiger partial charge in [-0.1, -0.05) is 34.1 Å². The lowest BCUT2D eigenvalue weighted by molar-refractivity contribution is 0.520. The van der Waals surface area contributed by atoms with Crippen LogP contribution in [-0.4, -0.2) is 0 Å². The van der Waals surface area contributed by atoms with Gasteiger partial charge in [-0.3, -0.25) is 0 Å². The number of rotatable bonds is 2. The zero-order chi connectivity index (χ0) is 11.0. The molecule has 0 aliphatic carbocycles. The Kier molecular flexibility index (Phi) is 2.58. The molecule has 1 unspecified atom stereocenters. The molecule has 2 aromatic heterocycles.